The fourth-order valence-corrected chi connectivity index (χ4v) is 3.07. The van der Waals surface area contributed by atoms with Gasteiger partial charge in [-0.15, -0.1) is 0 Å². The molecule has 5 heteroatoms. The molecule has 108 valence electrons. The topological polar surface area (TPSA) is 57.9 Å². The van der Waals surface area contributed by atoms with Gasteiger partial charge in [-0.1, -0.05) is 30.4 Å². The second kappa shape index (κ2) is 4.68. The molecule has 0 amide bonds. The first-order valence-electron chi connectivity index (χ1n) is 6.88. The minimum atomic E-state index is -0.404. The second-order valence-corrected chi connectivity index (χ2v) is 5.69. The average molecular weight is 308 g/mol. The number of nitrogens with one attached hydrogen (secondary N) is 2. The molecule has 0 spiro atoms. The van der Waals surface area contributed by atoms with Crippen molar-refractivity contribution in [3.8, 4) is 0 Å². The van der Waals surface area contributed by atoms with Crippen LogP contribution in [0.5, 0.6) is 0 Å². The quantitative estimate of drug-likeness (QED) is 0.523. The van der Waals surface area contributed by atoms with Crippen LogP contribution in [0.15, 0.2) is 36.4 Å². The molecular weight excluding hydrogens is 296 g/mol. The van der Waals surface area contributed by atoms with Crippen molar-refractivity contribution in [1.29, 1.82) is 0 Å². The third kappa shape index (κ3) is 1.98. The smallest absolute Gasteiger partial charge is 0.347 e. The number of fused-ring (bicyclic) bond motifs is 2. The molecule has 1 aliphatic rings. The summed E-state index contributed by atoms with van der Waals surface area (Å²) in [6, 6.07) is 11.9. The Labute approximate surface area is 131 Å². The van der Waals surface area contributed by atoms with E-state index >= 15 is 0 Å². The van der Waals surface area contributed by atoms with Gasteiger partial charge in [0.05, 0.1) is 0 Å². The SMILES string of the molecule is Cc1cc2c(c(=S)[nH]1)C(=O)O/C2=C\c1cc2ccccc2[nH]1. The molecule has 3 aromatic rings. The number of pyridine rings is 1. The van der Waals surface area contributed by atoms with Gasteiger partial charge < -0.3 is 14.7 Å². The van der Waals surface area contributed by atoms with Crippen LogP contribution < -0.4 is 0 Å². The van der Waals surface area contributed by atoms with Crippen LogP contribution in [0, 0.1) is 11.6 Å². The van der Waals surface area contributed by atoms with Crippen molar-refractivity contribution in [3.63, 3.8) is 0 Å². The zero-order valence-corrected chi connectivity index (χ0v) is 12.6. The van der Waals surface area contributed by atoms with Gasteiger partial charge in [0.2, 0.25) is 0 Å². The maximum Gasteiger partial charge on any atom is 0.347 e. The van der Waals surface area contributed by atoms with Crippen LogP contribution in [0.4, 0.5) is 0 Å². The summed E-state index contributed by atoms with van der Waals surface area (Å²) in [5, 5.41) is 1.11. The third-order valence-corrected chi connectivity index (χ3v) is 3.98. The van der Waals surface area contributed by atoms with Gasteiger partial charge in [-0.2, -0.15) is 0 Å². The molecule has 1 aliphatic heterocycles. The van der Waals surface area contributed by atoms with Gasteiger partial charge in [0, 0.05) is 28.5 Å². The number of cyclic esters (lactones) is 1. The van der Waals surface area contributed by atoms with E-state index in [-0.39, 0.29) is 0 Å². The lowest BCUT2D eigenvalue weighted by atomic mass is 10.1. The normalized spacial score (nSPS) is 15.3. The highest BCUT2D eigenvalue weighted by molar-refractivity contribution is 7.71. The summed E-state index contributed by atoms with van der Waals surface area (Å²) in [6.07, 6.45) is 1.83. The molecule has 0 atom stereocenters. The van der Waals surface area contributed by atoms with Crippen molar-refractivity contribution in [3.05, 3.63) is 63.6 Å². The van der Waals surface area contributed by atoms with E-state index in [4.69, 9.17) is 17.0 Å². The number of H-pyrrole nitrogens is 2. The summed E-state index contributed by atoms with van der Waals surface area (Å²) >= 11 is 5.22. The standard InChI is InChI=1S/C17H12N2O2S/c1-9-6-12-14(21-17(20)15(12)16(22)18-9)8-11-7-10-4-2-3-5-13(10)19-11/h2-8,19H,1H3,(H,18,22)/b14-8-. The molecule has 0 radical (unpaired) electrons. The van der Waals surface area contributed by atoms with Crippen LogP contribution in [0.2, 0.25) is 0 Å². The number of aromatic nitrogens is 2. The van der Waals surface area contributed by atoms with Crippen LogP contribution in [0.1, 0.15) is 27.3 Å². The molecule has 4 nitrogen and oxygen atoms in total. The van der Waals surface area contributed by atoms with Crippen molar-refractivity contribution >= 4 is 40.9 Å². The van der Waals surface area contributed by atoms with Crippen molar-refractivity contribution in [2.75, 3.05) is 0 Å². The van der Waals surface area contributed by atoms with Crippen LogP contribution >= 0.6 is 12.2 Å². The lowest BCUT2D eigenvalue weighted by Crippen LogP contribution is -1.97. The summed E-state index contributed by atoms with van der Waals surface area (Å²) in [4.78, 5) is 18.3. The average Bonchev–Trinajstić information content (AvgIpc) is 3.00. The molecule has 4 rings (SSSR count). The minimum Gasteiger partial charge on any atom is -0.422 e. The fraction of sp³-hybridized carbons (Fsp3) is 0.0588. The van der Waals surface area contributed by atoms with E-state index in [0.717, 1.165) is 27.9 Å². The molecular formula is C17H12N2O2S. The predicted molar refractivity (Wildman–Crippen MR) is 87.9 cm³/mol. The van der Waals surface area contributed by atoms with E-state index in [0.29, 0.717) is 16.0 Å². The Kier molecular flexibility index (Phi) is 2.77. The number of ether oxygens (including phenoxy) is 1. The van der Waals surface area contributed by atoms with E-state index in [1.807, 2.05) is 49.4 Å². The van der Waals surface area contributed by atoms with Gasteiger partial charge in [0.15, 0.2) is 0 Å². The molecule has 22 heavy (non-hydrogen) atoms. The molecule has 0 saturated heterocycles. The minimum absolute atomic E-state index is 0.404. The number of hydrogen-bond donors (Lipinski definition) is 2. The Hall–Kier alpha value is -2.66. The number of carbonyl (C=O) groups is 1. The fourth-order valence-electron chi connectivity index (χ4n) is 2.71. The van der Waals surface area contributed by atoms with Crippen molar-refractivity contribution in [2.45, 2.75) is 6.92 Å². The van der Waals surface area contributed by atoms with Gasteiger partial charge in [-0.25, -0.2) is 4.79 Å². The summed E-state index contributed by atoms with van der Waals surface area (Å²) in [5.74, 6) is 0.119. The zero-order chi connectivity index (χ0) is 15.3. The molecule has 0 aliphatic carbocycles. The summed E-state index contributed by atoms with van der Waals surface area (Å²) in [7, 11) is 0. The van der Waals surface area contributed by atoms with Crippen LogP contribution in [0.25, 0.3) is 22.7 Å². The van der Waals surface area contributed by atoms with Crippen LogP contribution in [-0.2, 0) is 4.74 Å². The predicted octanol–water partition coefficient (Wildman–Crippen LogP) is 4.20. The number of aryl methyl sites for hydroxylation is 1. The molecule has 0 saturated carbocycles. The van der Waals surface area contributed by atoms with Gasteiger partial charge >= 0.3 is 5.97 Å². The highest BCUT2D eigenvalue weighted by atomic mass is 32.1. The Morgan fingerprint density at radius 1 is 1.18 bits per heavy atom. The Morgan fingerprint density at radius 2 is 2.00 bits per heavy atom. The van der Waals surface area contributed by atoms with E-state index in [1.165, 1.54) is 0 Å². The molecule has 3 heterocycles. The van der Waals surface area contributed by atoms with Gasteiger partial charge in [0.1, 0.15) is 16.0 Å². The third-order valence-electron chi connectivity index (χ3n) is 3.68. The molecule has 0 fully saturated rings. The Morgan fingerprint density at radius 3 is 2.82 bits per heavy atom. The first kappa shape index (κ1) is 13.0. The number of benzene rings is 1. The summed E-state index contributed by atoms with van der Waals surface area (Å²) < 4.78 is 5.80. The number of esters is 1. The zero-order valence-electron chi connectivity index (χ0n) is 11.8. The van der Waals surface area contributed by atoms with Crippen LogP contribution in [0.3, 0.4) is 0 Å². The lowest BCUT2D eigenvalue weighted by Gasteiger charge is -1.99. The van der Waals surface area contributed by atoms with Gasteiger partial charge in [-0.05, 0) is 30.5 Å². The van der Waals surface area contributed by atoms with Crippen molar-refractivity contribution in [1.82, 2.24) is 9.97 Å². The number of hydrogen-bond acceptors (Lipinski definition) is 3. The monoisotopic (exact) mass is 308 g/mol. The largest absolute Gasteiger partial charge is 0.422 e. The first-order chi connectivity index (χ1) is 10.6. The highest BCUT2D eigenvalue weighted by Crippen LogP contribution is 2.32. The summed E-state index contributed by atoms with van der Waals surface area (Å²) in [6.45, 7) is 1.90. The number of rotatable bonds is 1. The number of aromatic amines is 2. The number of para-hydroxylation sites is 1. The molecule has 1 aromatic carbocycles. The first-order valence-corrected chi connectivity index (χ1v) is 7.28. The molecule has 2 aromatic heterocycles. The van der Waals surface area contributed by atoms with Crippen molar-refractivity contribution in [2.24, 2.45) is 0 Å². The summed E-state index contributed by atoms with van der Waals surface area (Å²) in [5.41, 5.74) is 3.99. The Balaban J connectivity index is 1.88. The van der Waals surface area contributed by atoms with E-state index in [1.54, 1.807) is 0 Å². The number of carbonyl (C=O) groups excluding carboxylic acids is 1. The lowest BCUT2D eigenvalue weighted by molar-refractivity contribution is 0.0716. The molecule has 0 bridgehead atoms. The maximum absolute atomic E-state index is 12.0. The van der Waals surface area contributed by atoms with E-state index in [9.17, 15) is 4.79 Å². The van der Waals surface area contributed by atoms with Gasteiger partial charge in [-0.3, -0.25) is 0 Å². The van der Waals surface area contributed by atoms with E-state index < -0.39 is 5.97 Å². The maximum atomic E-state index is 12.0. The Bertz CT molecular complexity index is 978. The molecule has 0 unspecified atom stereocenters. The highest BCUT2D eigenvalue weighted by Gasteiger charge is 2.28. The van der Waals surface area contributed by atoms with E-state index in [2.05, 4.69) is 9.97 Å². The second-order valence-electron chi connectivity index (χ2n) is 5.28. The molecule has 2 N–H and O–H groups in total. The van der Waals surface area contributed by atoms with Gasteiger partial charge in [0.25, 0.3) is 0 Å². The van der Waals surface area contributed by atoms with Crippen LogP contribution in [-0.4, -0.2) is 15.9 Å². The van der Waals surface area contributed by atoms with Crippen molar-refractivity contribution < 1.29 is 9.53 Å².